The second kappa shape index (κ2) is 7.64. The van der Waals surface area contributed by atoms with Gasteiger partial charge in [-0.3, -0.25) is 0 Å². The maximum absolute atomic E-state index is 12.1. The standard InChI is InChI=1S/C17H24INO3/c1-17(2,3)22-16(20)19-11-14(18)15(12-19)21-10-9-13-7-5-4-6-8-13/h4-8,14-15H,9-12H2,1-3H3. The molecule has 1 aliphatic rings. The Labute approximate surface area is 146 Å². The first kappa shape index (κ1) is 17.5. The normalized spacial score (nSPS) is 21.9. The van der Waals surface area contributed by atoms with E-state index in [0.717, 1.165) is 6.42 Å². The number of ether oxygens (including phenoxy) is 2. The molecule has 122 valence electrons. The average molecular weight is 417 g/mol. The Bertz CT molecular complexity index is 486. The molecule has 1 aliphatic heterocycles. The fourth-order valence-corrected chi connectivity index (χ4v) is 3.25. The lowest BCUT2D eigenvalue weighted by Gasteiger charge is -2.24. The quantitative estimate of drug-likeness (QED) is 0.555. The largest absolute Gasteiger partial charge is 0.444 e. The van der Waals surface area contributed by atoms with Crippen LogP contribution in [0, 0.1) is 0 Å². The number of nitrogens with zero attached hydrogens (tertiary/aromatic N) is 1. The second-order valence-corrected chi connectivity index (χ2v) is 8.15. The lowest BCUT2D eigenvalue weighted by molar-refractivity contribution is 0.0216. The molecule has 0 saturated carbocycles. The van der Waals surface area contributed by atoms with Crippen molar-refractivity contribution in [2.75, 3.05) is 19.7 Å². The molecule has 0 radical (unpaired) electrons. The van der Waals surface area contributed by atoms with Gasteiger partial charge >= 0.3 is 6.09 Å². The third-order valence-electron chi connectivity index (χ3n) is 3.42. The number of hydrogen-bond donors (Lipinski definition) is 0. The molecule has 2 unspecified atom stereocenters. The lowest BCUT2D eigenvalue weighted by atomic mass is 10.2. The van der Waals surface area contributed by atoms with E-state index in [1.807, 2.05) is 39.0 Å². The third kappa shape index (κ3) is 5.43. The molecule has 0 aliphatic carbocycles. The Kier molecular flexibility index (Phi) is 6.09. The monoisotopic (exact) mass is 417 g/mol. The molecule has 0 spiro atoms. The number of amides is 1. The molecule has 4 nitrogen and oxygen atoms in total. The summed E-state index contributed by atoms with van der Waals surface area (Å²) in [4.78, 5) is 13.8. The third-order valence-corrected chi connectivity index (χ3v) is 4.61. The SMILES string of the molecule is CC(C)(C)OC(=O)N1CC(I)C(OCCc2ccccc2)C1. The summed E-state index contributed by atoms with van der Waals surface area (Å²) in [6, 6.07) is 10.3. The zero-order chi connectivity index (χ0) is 16.2. The molecule has 1 heterocycles. The minimum atomic E-state index is -0.454. The van der Waals surface area contributed by atoms with Crippen molar-refractivity contribution in [3.05, 3.63) is 35.9 Å². The van der Waals surface area contributed by atoms with E-state index in [0.29, 0.717) is 23.6 Å². The minimum absolute atomic E-state index is 0.0804. The highest BCUT2D eigenvalue weighted by atomic mass is 127. The maximum atomic E-state index is 12.1. The predicted molar refractivity (Wildman–Crippen MR) is 95.5 cm³/mol. The molecule has 1 amide bonds. The van der Waals surface area contributed by atoms with Crippen molar-refractivity contribution in [2.45, 2.75) is 42.8 Å². The zero-order valence-corrected chi connectivity index (χ0v) is 15.6. The molecule has 0 N–H and O–H groups in total. The van der Waals surface area contributed by atoms with Crippen LogP contribution in [0.2, 0.25) is 0 Å². The first-order valence-electron chi connectivity index (χ1n) is 7.63. The van der Waals surface area contributed by atoms with Crippen molar-refractivity contribution in [3.63, 3.8) is 0 Å². The molecule has 22 heavy (non-hydrogen) atoms. The molecule has 1 fully saturated rings. The van der Waals surface area contributed by atoms with Gasteiger partial charge in [0.1, 0.15) is 5.60 Å². The Balaban J connectivity index is 1.77. The summed E-state index contributed by atoms with van der Waals surface area (Å²) in [5.41, 5.74) is 0.818. The Morgan fingerprint density at radius 1 is 1.27 bits per heavy atom. The van der Waals surface area contributed by atoms with E-state index < -0.39 is 5.60 Å². The summed E-state index contributed by atoms with van der Waals surface area (Å²) in [5.74, 6) is 0. The van der Waals surface area contributed by atoms with Gasteiger partial charge in [0.15, 0.2) is 0 Å². The molecule has 1 saturated heterocycles. The number of benzene rings is 1. The van der Waals surface area contributed by atoms with Gasteiger partial charge in [-0.2, -0.15) is 0 Å². The first-order valence-corrected chi connectivity index (χ1v) is 8.87. The van der Waals surface area contributed by atoms with Crippen molar-refractivity contribution in [3.8, 4) is 0 Å². The summed E-state index contributed by atoms with van der Waals surface area (Å²) >= 11 is 2.36. The van der Waals surface area contributed by atoms with Crippen molar-refractivity contribution in [1.29, 1.82) is 0 Å². The molecule has 0 aromatic heterocycles. The number of alkyl halides is 1. The topological polar surface area (TPSA) is 38.8 Å². The zero-order valence-electron chi connectivity index (χ0n) is 13.4. The summed E-state index contributed by atoms with van der Waals surface area (Å²) < 4.78 is 11.7. The maximum Gasteiger partial charge on any atom is 0.410 e. The highest BCUT2D eigenvalue weighted by Crippen LogP contribution is 2.23. The summed E-state index contributed by atoms with van der Waals surface area (Å²) in [6.07, 6.45) is 0.729. The first-order chi connectivity index (χ1) is 10.3. The van der Waals surface area contributed by atoms with Crippen LogP contribution < -0.4 is 0 Å². The van der Waals surface area contributed by atoms with Gasteiger partial charge in [-0.1, -0.05) is 52.9 Å². The fourth-order valence-electron chi connectivity index (χ4n) is 2.34. The van der Waals surface area contributed by atoms with E-state index >= 15 is 0 Å². The van der Waals surface area contributed by atoms with Crippen LogP contribution in [0.15, 0.2) is 30.3 Å². The van der Waals surface area contributed by atoms with Crippen LogP contribution >= 0.6 is 22.6 Å². The van der Waals surface area contributed by atoms with Gasteiger partial charge in [-0.15, -0.1) is 0 Å². The second-order valence-electron chi connectivity index (χ2n) is 6.55. The average Bonchev–Trinajstić information content (AvgIpc) is 2.80. The van der Waals surface area contributed by atoms with E-state index in [4.69, 9.17) is 9.47 Å². The Morgan fingerprint density at radius 3 is 2.59 bits per heavy atom. The number of likely N-dealkylation sites (tertiary alicyclic amines) is 1. The van der Waals surface area contributed by atoms with Crippen molar-refractivity contribution in [2.24, 2.45) is 0 Å². The number of rotatable bonds is 4. The molecule has 1 aromatic rings. The highest BCUT2D eigenvalue weighted by Gasteiger charge is 2.36. The minimum Gasteiger partial charge on any atom is -0.444 e. The number of carbonyl (C=O) groups excluding carboxylic acids is 1. The lowest BCUT2D eigenvalue weighted by Crippen LogP contribution is -2.36. The van der Waals surface area contributed by atoms with Gasteiger partial charge in [0.25, 0.3) is 0 Å². The Hall–Kier alpha value is -0.820. The highest BCUT2D eigenvalue weighted by molar-refractivity contribution is 14.1. The van der Waals surface area contributed by atoms with Crippen LogP contribution in [-0.2, 0) is 15.9 Å². The van der Waals surface area contributed by atoms with Crippen LogP contribution in [0.25, 0.3) is 0 Å². The number of halogens is 1. The molecular formula is C17H24INO3. The molecule has 0 bridgehead atoms. The predicted octanol–water partition coefficient (Wildman–Crippen LogP) is 3.67. The van der Waals surface area contributed by atoms with Crippen molar-refractivity contribution >= 4 is 28.7 Å². The summed E-state index contributed by atoms with van der Waals surface area (Å²) in [5, 5.41) is 0. The van der Waals surface area contributed by atoms with Gasteiger partial charge in [0, 0.05) is 6.54 Å². The summed E-state index contributed by atoms with van der Waals surface area (Å²) in [7, 11) is 0. The number of carbonyl (C=O) groups is 1. The number of hydrogen-bond acceptors (Lipinski definition) is 3. The van der Waals surface area contributed by atoms with Gasteiger partial charge in [-0.05, 0) is 32.8 Å². The van der Waals surface area contributed by atoms with Gasteiger partial charge in [-0.25, -0.2) is 4.79 Å². The van der Waals surface area contributed by atoms with Crippen LogP contribution in [0.1, 0.15) is 26.3 Å². The van der Waals surface area contributed by atoms with Crippen LogP contribution in [0.3, 0.4) is 0 Å². The van der Waals surface area contributed by atoms with Gasteiger partial charge < -0.3 is 14.4 Å². The van der Waals surface area contributed by atoms with Crippen molar-refractivity contribution in [1.82, 2.24) is 4.90 Å². The van der Waals surface area contributed by atoms with E-state index in [1.165, 1.54) is 5.56 Å². The molecule has 2 rings (SSSR count). The molecular weight excluding hydrogens is 393 g/mol. The Morgan fingerprint density at radius 2 is 1.95 bits per heavy atom. The van der Waals surface area contributed by atoms with E-state index in [1.54, 1.807) is 4.90 Å². The van der Waals surface area contributed by atoms with Gasteiger partial charge in [0.05, 0.1) is 23.2 Å². The van der Waals surface area contributed by atoms with Crippen LogP contribution in [0.4, 0.5) is 4.79 Å². The fraction of sp³-hybridized carbons (Fsp3) is 0.588. The van der Waals surface area contributed by atoms with Gasteiger partial charge in [0.2, 0.25) is 0 Å². The molecule has 2 atom stereocenters. The molecule has 5 heteroatoms. The molecule has 1 aromatic carbocycles. The van der Waals surface area contributed by atoms with E-state index in [2.05, 4.69) is 34.7 Å². The smallest absolute Gasteiger partial charge is 0.410 e. The van der Waals surface area contributed by atoms with Crippen LogP contribution in [-0.4, -0.2) is 46.3 Å². The van der Waals surface area contributed by atoms with E-state index in [-0.39, 0.29) is 12.2 Å². The van der Waals surface area contributed by atoms with E-state index in [9.17, 15) is 4.79 Å². The van der Waals surface area contributed by atoms with Crippen LogP contribution in [0.5, 0.6) is 0 Å². The van der Waals surface area contributed by atoms with Crippen molar-refractivity contribution < 1.29 is 14.3 Å². The summed E-state index contributed by atoms with van der Waals surface area (Å²) in [6.45, 7) is 7.63.